The third-order valence-electron chi connectivity index (χ3n) is 1.87. The molecule has 0 aromatic carbocycles. The molecule has 0 radical (unpaired) electrons. The normalized spacial score (nSPS) is 11.7. The SMILES string of the molecule is CCC(=O)COCCC[Si](C)(C)C. The zero-order valence-corrected chi connectivity index (χ0v) is 10.4. The molecule has 0 N–H and O–H groups in total. The summed E-state index contributed by atoms with van der Waals surface area (Å²) in [5, 5.41) is 0. The first-order valence-corrected chi connectivity index (χ1v) is 8.76. The summed E-state index contributed by atoms with van der Waals surface area (Å²) in [4.78, 5) is 10.9. The van der Waals surface area contributed by atoms with Crippen molar-refractivity contribution in [2.45, 2.75) is 45.5 Å². The van der Waals surface area contributed by atoms with Crippen LogP contribution in [0, 0.1) is 0 Å². The summed E-state index contributed by atoms with van der Waals surface area (Å²) in [7, 11) is -0.908. The highest BCUT2D eigenvalue weighted by atomic mass is 28.3. The highest BCUT2D eigenvalue weighted by Gasteiger charge is 2.11. The fourth-order valence-corrected chi connectivity index (χ4v) is 2.20. The van der Waals surface area contributed by atoms with E-state index in [-0.39, 0.29) is 5.78 Å². The van der Waals surface area contributed by atoms with Crippen molar-refractivity contribution in [3.63, 3.8) is 0 Å². The predicted molar refractivity (Wildman–Crippen MR) is 58.9 cm³/mol. The van der Waals surface area contributed by atoms with E-state index in [1.54, 1.807) is 0 Å². The first-order chi connectivity index (χ1) is 5.95. The van der Waals surface area contributed by atoms with Crippen molar-refractivity contribution in [3.05, 3.63) is 0 Å². The number of rotatable bonds is 7. The number of ketones is 1. The molecule has 0 aromatic heterocycles. The maximum absolute atomic E-state index is 10.9. The van der Waals surface area contributed by atoms with E-state index in [2.05, 4.69) is 19.6 Å². The van der Waals surface area contributed by atoms with E-state index in [4.69, 9.17) is 4.74 Å². The van der Waals surface area contributed by atoms with Gasteiger partial charge in [-0.1, -0.05) is 32.6 Å². The summed E-state index contributed by atoms with van der Waals surface area (Å²) >= 11 is 0. The molecule has 13 heavy (non-hydrogen) atoms. The van der Waals surface area contributed by atoms with Gasteiger partial charge in [-0.05, 0) is 6.42 Å². The van der Waals surface area contributed by atoms with Crippen LogP contribution in [0.4, 0.5) is 0 Å². The zero-order valence-electron chi connectivity index (χ0n) is 9.35. The predicted octanol–water partition coefficient (Wildman–Crippen LogP) is 2.71. The van der Waals surface area contributed by atoms with E-state index >= 15 is 0 Å². The number of Topliss-reactive ketones (excluding diaryl/α,β-unsaturated/α-hetero) is 1. The van der Waals surface area contributed by atoms with E-state index in [1.807, 2.05) is 6.92 Å². The average Bonchev–Trinajstić information content (AvgIpc) is 2.01. The van der Waals surface area contributed by atoms with Crippen molar-refractivity contribution >= 4 is 13.9 Å². The van der Waals surface area contributed by atoms with Crippen molar-refractivity contribution in [1.29, 1.82) is 0 Å². The Balaban J connectivity index is 3.22. The van der Waals surface area contributed by atoms with Crippen LogP contribution in [0.15, 0.2) is 0 Å². The van der Waals surface area contributed by atoms with Gasteiger partial charge in [-0.15, -0.1) is 0 Å². The first-order valence-electron chi connectivity index (χ1n) is 5.05. The molecule has 0 aliphatic rings. The highest BCUT2D eigenvalue weighted by molar-refractivity contribution is 6.76. The molecule has 0 bridgehead atoms. The second kappa shape index (κ2) is 6.32. The minimum absolute atomic E-state index is 0.202. The van der Waals surface area contributed by atoms with Gasteiger partial charge in [-0.25, -0.2) is 0 Å². The van der Waals surface area contributed by atoms with E-state index < -0.39 is 8.07 Å². The molecule has 78 valence electrons. The lowest BCUT2D eigenvalue weighted by Gasteiger charge is -2.14. The molecular weight excluding hydrogens is 180 g/mol. The molecule has 3 heteroatoms. The molecule has 0 aromatic rings. The van der Waals surface area contributed by atoms with Crippen molar-refractivity contribution in [3.8, 4) is 0 Å². The molecular formula is C10H22O2Si. The highest BCUT2D eigenvalue weighted by Crippen LogP contribution is 2.10. The summed E-state index contributed by atoms with van der Waals surface area (Å²) in [5.74, 6) is 0.202. The minimum atomic E-state index is -0.908. The number of hydrogen-bond acceptors (Lipinski definition) is 2. The van der Waals surface area contributed by atoms with Crippen LogP contribution < -0.4 is 0 Å². The molecule has 0 amide bonds. The lowest BCUT2D eigenvalue weighted by Crippen LogP contribution is -2.20. The van der Waals surface area contributed by atoms with Gasteiger partial charge in [-0.2, -0.15) is 0 Å². The molecule has 0 fully saturated rings. The van der Waals surface area contributed by atoms with Gasteiger partial charge in [0.25, 0.3) is 0 Å². The molecule has 0 saturated carbocycles. The number of ether oxygens (including phenoxy) is 1. The molecule has 0 aliphatic carbocycles. The second-order valence-corrected chi connectivity index (χ2v) is 10.2. The van der Waals surface area contributed by atoms with Gasteiger partial charge in [-0.3, -0.25) is 4.79 Å². The Morgan fingerprint density at radius 1 is 1.31 bits per heavy atom. The summed E-state index contributed by atoms with van der Waals surface area (Å²) in [6.45, 7) is 9.98. The average molecular weight is 202 g/mol. The Morgan fingerprint density at radius 2 is 1.92 bits per heavy atom. The standard InChI is InChI=1S/C10H22O2Si/c1-5-10(11)9-12-7-6-8-13(2,3)4/h5-9H2,1-4H3. The maximum atomic E-state index is 10.9. The second-order valence-electron chi connectivity index (χ2n) is 4.61. The Kier molecular flexibility index (Phi) is 6.25. The van der Waals surface area contributed by atoms with Crippen LogP contribution in [0.25, 0.3) is 0 Å². The van der Waals surface area contributed by atoms with Crippen LogP contribution in [0.3, 0.4) is 0 Å². The van der Waals surface area contributed by atoms with Gasteiger partial charge >= 0.3 is 0 Å². The van der Waals surface area contributed by atoms with Crippen molar-refractivity contribution in [2.24, 2.45) is 0 Å². The number of carbonyl (C=O) groups excluding carboxylic acids is 1. The molecule has 0 atom stereocenters. The third kappa shape index (κ3) is 9.76. The van der Waals surface area contributed by atoms with Crippen LogP contribution >= 0.6 is 0 Å². The van der Waals surface area contributed by atoms with E-state index in [9.17, 15) is 4.79 Å². The number of hydrogen-bond donors (Lipinski definition) is 0. The quantitative estimate of drug-likeness (QED) is 0.469. The molecule has 0 spiro atoms. The van der Waals surface area contributed by atoms with E-state index in [0.29, 0.717) is 13.0 Å². The van der Waals surface area contributed by atoms with Gasteiger partial charge < -0.3 is 4.74 Å². The van der Waals surface area contributed by atoms with Crippen LogP contribution in [0.5, 0.6) is 0 Å². The first kappa shape index (κ1) is 12.8. The molecule has 0 rings (SSSR count). The monoisotopic (exact) mass is 202 g/mol. The Bertz CT molecular complexity index is 149. The van der Waals surface area contributed by atoms with Gasteiger partial charge in [0.1, 0.15) is 6.61 Å². The van der Waals surface area contributed by atoms with Crippen LogP contribution in [-0.4, -0.2) is 27.1 Å². The topological polar surface area (TPSA) is 26.3 Å². The van der Waals surface area contributed by atoms with E-state index in [0.717, 1.165) is 13.0 Å². The van der Waals surface area contributed by atoms with Gasteiger partial charge in [0.05, 0.1) is 0 Å². The molecule has 2 nitrogen and oxygen atoms in total. The third-order valence-corrected chi connectivity index (χ3v) is 3.73. The zero-order chi connectivity index (χ0) is 10.3. The smallest absolute Gasteiger partial charge is 0.158 e. The van der Waals surface area contributed by atoms with Crippen molar-refractivity contribution < 1.29 is 9.53 Å². The molecule has 0 unspecified atom stereocenters. The van der Waals surface area contributed by atoms with Crippen LogP contribution in [0.2, 0.25) is 25.7 Å². The Morgan fingerprint density at radius 3 is 2.38 bits per heavy atom. The maximum Gasteiger partial charge on any atom is 0.158 e. The van der Waals surface area contributed by atoms with Crippen LogP contribution in [-0.2, 0) is 9.53 Å². The lowest BCUT2D eigenvalue weighted by molar-refractivity contribution is -0.123. The summed E-state index contributed by atoms with van der Waals surface area (Å²) in [5.41, 5.74) is 0. The minimum Gasteiger partial charge on any atom is -0.374 e. The van der Waals surface area contributed by atoms with Gasteiger partial charge in [0, 0.05) is 21.1 Å². The van der Waals surface area contributed by atoms with Crippen molar-refractivity contribution in [1.82, 2.24) is 0 Å². The van der Waals surface area contributed by atoms with Gasteiger partial charge in [0.15, 0.2) is 5.78 Å². The largest absolute Gasteiger partial charge is 0.374 e. The van der Waals surface area contributed by atoms with Crippen molar-refractivity contribution in [2.75, 3.05) is 13.2 Å². The van der Waals surface area contributed by atoms with Crippen LogP contribution in [0.1, 0.15) is 19.8 Å². The fraction of sp³-hybridized carbons (Fsp3) is 0.900. The number of carbonyl (C=O) groups is 1. The fourth-order valence-electron chi connectivity index (χ4n) is 0.993. The Hall–Kier alpha value is -0.153. The molecule has 0 heterocycles. The summed E-state index contributed by atoms with van der Waals surface area (Å²) in [6.07, 6.45) is 1.70. The lowest BCUT2D eigenvalue weighted by atomic mass is 10.3. The van der Waals surface area contributed by atoms with Gasteiger partial charge in [0.2, 0.25) is 0 Å². The Labute approximate surface area is 82.7 Å². The van der Waals surface area contributed by atoms with E-state index in [1.165, 1.54) is 6.04 Å². The summed E-state index contributed by atoms with van der Waals surface area (Å²) < 4.78 is 5.25. The molecule has 0 saturated heterocycles. The summed E-state index contributed by atoms with van der Waals surface area (Å²) in [6, 6.07) is 1.29. The molecule has 0 aliphatic heterocycles.